The molecule has 1 aliphatic rings. The van der Waals surface area contributed by atoms with Crippen molar-refractivity contribution in [2.45, 2.75) is 5.60 Å². The van der Waals surface area contributed by atoms with Crippen molar-refractivity contribution in [3.8, 4) is 11.1 Å². The van der Waals surface area contributed by atoms with Crippen molar-refractivity contribution in [3.63, 3.8) is 0 Å². The van der Waals surface area contributed by atoms with Gasteiger partial charge in [0.25, 0.3) is 0 Å². The van der Waals surface area contributed by atoms with Gasteiger partial charge in [0.15, 0.2) is 0 Å². The Morgan fingerprint density at radius 3 is 2.19 bits per heavy atom. The van der Waals surface area contributed by atoms with E-state index < -0.39 is 5.60 Å². The highest BCUT2D eigenvalue weighted by Gasteiger charge is 2.42. The van der Waals surface area contributed by atoms with Gasteiger partial charge in [0.2, 0.25) is 0 Å². The van der Waals surface area contributed by atoms with E-state index >= 15 is 0 Å². The summed E-state index contributed by atoms with van der Waals surface area (Å²) in [5.74, 6) is 0. The van der Waals surface area contributed by atoms with Crippen LogP contribution in [0.4, 0.5) is 0 Å². The second-order valence-corrected chi connectivity index (χ2v) is 6.23. The van der Waals surface area contributed by atoms with Crippen molar-refractivity contribution in [1.82, 2.24) is 0 Å². The average Bonchev–Trinajstić information content (AvgIpc) is 2.79. The van der Waals surface area contributed by atoms with Gasteiger partial charge in [0.05, 0.1) is 0 Å². The molecule has 0 fully saturated rings. The Morgan fingerprint density at radius 1 is 0.714 bits per heavy atom. The highest BCUT2D eigenvalue weighted by molar-refractivity contribution is 9.10. The second kappa shape index (κ2) is 4.55. The fraction of sp³-hybridized carbons (Fsp3) is 0.0526. The smallest absolute Gasteiger partial charge is 0.141 e. The Bertz CT molecular complexity index is 826. The van der Waals surface area contributed by atoms with E-state index in [0.29, 0.717) is 0 Å². The minimum absolute atomic E-state index is 0.898. The zero-order chi connectivity index (χ0) is 14.4. The molecule has 1 atom stereocenters. The fourth-order valence-corrected chi connectivity index (χ4v) is 3.58. The Morgan fingerprint density at radius 2 is 1.38 bits per heavy atom. The van der Waals surface area contributed by atoms with Crippen LogP contribution in [0.1, 0.15) is 16.7 Å². The van der Waals surface area contributed by atoms with Gasteiger partial charge in [-0.2, -0.15) is 0 Å². The van der Waals surface area contributed by atoms with Crippen LogP contribution in [-0.4, -0.2) is 5.11 Å². The topological polar surface area (TPSA) is 20.2 Å². The summed E-state index contributed by atoms with van der Waals surface area (Å²) in [5, 5.41) is 11.6. The summed E-state index contributed by atoms with van der Waals surface area (Å²) in [6.45, 7) is 0. The molecule has 0 saturated carbocycles. The Hall–Kier alpha value is -1.90. The molecule has 0 aromatic heterocycles. The lowest BCUT2D eigenvalue weighted by atomic mass is 9.84. The Balaban J connectivity index is 2.10. The lowest BCUT2D eigenvalue weighted by molar-refractivity contribution is 0.130. The van der Waals surface area contributed by atoms with E-state index in [4.69, 9.17) is 0 Å². The second-order valence-electron chi connectivity index (χ2n) is 5.31. The molecule has 2 heteroatoms. The molecule has 102 valence electrons. The molecule has 4 rings (SSSR count). The summed E-state index contributed by atoms with van der Waals surface area (Å²) < 4.78 is 0.975. The molecule has 0 saturated heterocycles. The van der Waals surface area contributed by atoms with Crippen molar-refractivity contribution < 1.29 is 5.11 Å². The lowest BCUT2D eigenvalue weighted by Gasteiger charge is -2.26. The summed E-state index contributed by atoms with van der Waals surface area (Å²) in [4.78, 5) is 0. The van der Waals surface area contributed by atoms with Crippen molar-refractivity contribution in [2.75, 3.05) is 0 Å². The summed E-state index contributed by atoms with van der Waals surface area (Å²) in [7, 11) is 0. The minimum atomic E-state index is -1.09. The third-order valence-electron chi connectivity index (χ3n) is 4.17. The number of halogens is 1. The van der Waals surface area contributed by atoms with Crippen LogP contribution >= 0.6 is 15.9 Å². The molecule has 0 bridgehead atoms. The summed E-state index contributed by atoms with van der Waals surface area (Å²) in [6.07, 6.45) is 0. The van der Waals surface area contributed by atoms with E-state index in [0.717, 1.165) is 32.3 Å². The first-order chi connectivity index (χ1) is 10.2. The van der Waals surface area contributed by atoms with Crippen molar-refractivity contribution >= 4 is 15.9 Å². The fourth-order valence-electron chi connectivity index (χ4n) is 3.22. The highest BCUT2D eigenvalue weighted by atomic mass is 79.9. The van der Waals surface area contributed by atoms with Gasteiger partial charge in [-0.1, -0.05) is 76.6 Å². The summed E-state index contributed by atoms with van der Waals surface area (Å²) in [6, 6.07) is 24.0. The Labute approximate surface area is 132 Å². The van der Waals surface area contributed by atoms with E-state index in [1.165, 1.54) is 0 Å². The van der Waals surface area contributed by atoms with E-state index in [9.17, 15) is 5.11 Å². The molecule has 0 radical (unpaired) electrons. The van der Waals surface area contributed by atoms with Gasteiger partial charge in [-0.05, 0) is 28.8 Å². The zero-order valence-corrected chi connectivity index (χ0v) is 12.8. The van der Waals surface area contributed by atoms with Gasteiger partial charge in [0.1, 0.15) is 5.60 Å². The van der Waals surface area contributed by atoms with Crippen molar-refractivity contribution in [1.29, 1.82) is 0 Å². The molecule has 3 aromatic rings. The van der Waals surface area contributed by atoms with Crippen LogP contribution in [-0.2, 0) is 5.60 Å². The number of fused-ring (bicyclic) bond motifs is 3. The standard InChI is InChI=1S/C19H13BrO/c20-14-10-11-16-15-8-4-5-9-17(15)19(21,18(16)12-14)13-6-2-1-3-7-13/h1-12,21H/t19-/m0/s1. The predicted molar refractivity (Wildman–Crippen MR) is 88.1 cm³/mol. The van der Waals surface area contributed by atoms with E-state index in [1.807, 2.05) is 60.7 Å². The van der Waals surface area contributed by atoms with Crippen LogP contribution in [0.25, 0.3) is 11.1 Å². The van der Waals surface area contributed by atoms with E-state index in [1.54, 1.807) is 0 Å². The number of rotatable bonds is 1. The molecule has 0 unspecified atom stereocenters. The number of hydrogen-bond acceptors (Lipinski definition) is 1. The summed E-state index contributed by atoms with van der Waals surface area (Å²) >= 11 is 3.52. The van der Waals surface area contributed by atoms with Gasteiger partial charge in [-0.15, -0.1) is 0 Å². The van der Waals surface area contributed by atoms with E-state index in [-0.39, 0.29) is 0 Å². The maximum atomic E-state index is 11.6. The molecule has 0 amide bonds. The molecule has 0 heterocycles. The molecular weight excluding hydrogens is 324 g/mol. The maximum absolute atomic E-state index is 11.6. The van der Waals surface area contributed by atoms with Gasteiger partial charge in [0, 0.05) is 15.6 Å². The van der Waals surface area contributed by atoms with Gasteiger partial charge in [-0.25, -0.2) is 0 Å². The summed E-state index contributed by atoms with van der Waals surface area (Å²) in [5.41, 5.74) is 3.89. The molecular formula is C19H13BrO. The third kappa shape index (κ3) is 1.73. The van der Waals surface area contributed by atoms with Crippen molar-refractivity contribution in [3.05, 3.63) is 94.0 Å². The lowest BCUT2D eigenvalue weighted by Crippen LogP contribution is -2.26. The predicted octanol–water partition coefficient (Wildman–Crippen LogP) is 4.71. The van der Waals surface area contributed by atoms with E-state index in [2.05, 4.69) is 28.1 Å². The third-order valence-corrected chi connectivity index (χ3v) is 4.66. The zero-order valence-electron chi connectivity index (χ0n) is 11.3. The first-order valence-electron chi connectivity index (χ1n) is 6.89. The quantitative estimate of drug-likeness (QED) is 0.682. The van der Waals surface area contributed by atoms with Crippen LogP contribution in [0.15, 0.2) is 77.3 Å². The first-order valence-corrected chi connectivity index (χ1v) is 7.68. The van der Waals surface area contributed by atoms with Crippen molar-refractivity contribution in [2.24, 2.45) is 0 Å². The number of hydrogen-bond donors (Lipinski definition) is 1. The molecule has 1 N–H and O–H groups in total. The largest absolute Gasteiger partial charge is 0.376 e. The first kappa shape index (κ1) is 12.8. The molecule has 1 nitrogen and oxygen atoms in total. The van der Waals surface area contributed by atoms with Crippen LogP contribution in [0.2, 0.25) is 0 Å². The SMILES string of the molecule is O[C@@]1(c2ccccc2)c2ccccc2-c2ccc(Br)cc21. The van der Waals surface area contributed by atoms with Crippen LogP contribution in [0.3, 0.4) is 0 Å². The maximum Gasteiger partial charge on any atom is 0.141 e. The van der Waals surface area contributed by atoms with Gasteiger partial charge < -0.3 is 5.11 Å². The van der Waals surface area contributed by atoms with Gasteiger partial charge in [-0.3, -0.25) is 0 Å². The van der Waals surface area contributed by atoms with Gasteiger partial charge >= 0.3 is 0 Å². The molecule has 0 spiro atoms. The van der Waals surface area contributed by atoms with Crippen LogP contribution in [0, 0.1) is 0 Å². The van der Waals surface area contributed by atoms with Crippen LogP contribution < -0.4 is 0 Å². The highest BCUT2D eigenvalue weighted by Crippen LogP contribution is 2.51. The monoisotopic (exact) mass is 336 g/mol. The minimum Gasteiger partial charge on any atom is -0.376 e. The molecule has 1 aliphatic carbocycles. The molecule has 3 aromatic carbocycles. The number of benzene rings is 3. The average molecular weight is 337 g/mol. The molecule has 21 heavy (non-hydrogen) atoms. The molecule has 0 aliphatic heterocycles. The van der Waals surface area contributed by atoms with Crippen LogP contribution in [0.5, 0.6) is 0 Å². The Kier molecular flexibility index (Phi) is 2.78. The normalized spacial score (nSPS) is 19.1. The number of aliphatic hydroxyl groups is 1.